The van der Waals surface area contributed by atoms with Crippen molar-refractivity contribution in [3.8, 4) is 0 Å². The highest BCUT2D eigenvalue weighted by atomic mass is 16.2. The average molecular weight is 400 g/mol. The first kappa shape index (κ1) is 19.1. The summed E-state index contributed by atoms with van der Waals surface area (Å²) in [6, 6.07) is 18.6. The molecule has 2 aliphatic rings. The van der Waals surface area contributed by atoms with Gasteiger partial charge in [0.1, 0.15) is 0 Å². The molecule has 2 fully saturated rings. The number of piperidine rings is 1. The van der Waals surface area contributed by atoms with Crippen molar-refractivity contribution < 1.29 is 4.79 Å². The van der Waals surface area contributed by atoms with E-state index < -0.39 is 0 Å². The number of rotatable bonds is 5. The number of nitrogens with zero attached hydrogens (tertiary/aromatic N) is 3. The number of anilines is 1. The van der Waals surface area contributed by atoms with E-state index in [1.54, 1.807) is 0 Å². The molecule has 154 valence electrons. The molecule has 1 saturated carbocycles. The van der Waals surface area contributed by atoms with Gasteiger partial charge in [-0.05, 0) is 55.9 Å². The molecule has 0 unspecified atom stereocenters. The molecule has 30 heavy (non-hydrogen) atoms. The number of aromatic nitrogens is 1. The second-order valence-electron chi connectivity index (χ2n) is 8.72. The molecule has 0 spiro atoms. The van der Waals surface area contributed by atoms with E-state index in [0.29, 0.717) is 12.5 Å². The van der Waals surface area contributed by atoms with Gasteiger partial charge in [0.05, 0.1) is 11.1 Å². The molecular weight excluding hydrogens is 370 g/mol. The van der Waals surface area contributed by atoms with Gasteiger partial charge in [0.25, 0.3) is 5.91 Å². The average Bonchev–Trinajstić information content (AvgIpc) is 3.64. The molecule has 1 amide bonds. The topological polar surface area (TPSA) is 36.4 Å². The maximum atomic E-state index is 13.5. The van der Waals surface area contributed by atoms with Gasteiger partial charge in [-0.2, -0.15) is 0 Å². The van der Waals surface area contributed by atoms with Crippen LogP contribution in [0.25, 0.3) is 10.9 Å². The molecule has 0 atom stereocenters. The highest BCUT2D eigenvalue weighted by molar-refractivity contribution is 6.06. The van der Waals surface area contributed by atoms with Crippen molar-refractivity contribution >= 4 is 22.5 Å². The second-order valence-corrected chi connectivity index (χ2v) is 8.72. The van der Waals surface area contributed by atoms with Gasteiger partial charge in [-0.3, -0.25) is 9.78 Å². The van der Waals surface area contributed by atoms with Crippen molar-refractivity contribution in [2.45, 2.75) is 44.6 Å². The Labute approximate surface area is 178 Å². The van der Waals surface area contributed by atoms with Crippen molar-refractivity contribution in [3.63, 3.8) is 0 Å². The van der Waals surface area contributed by atoms with Gasteiger partial charge in [0, 0.05) is 49.4 Å². The maximum absolute atomic E-state index is 13.5. The Morgan fingerprint density at radius 2 is 1.77 bits per heavy atom. The van der Waals surface area contributed by atoms with E-state index in [-0.39, 0.29) is 5.91 Å². The lowest BCUT2D eigenvalue weighted by Gasteiger charge is -2.31. The van der Waals surface area contributed by atoms with Crippen LogP contribution in [0.5, 0.6) is 0 Å². The lowest BCUT2D eigenvalue weighted by molar-refractivity contribution is 0.0787. The summed E-state index contributed by atoms with van der Waals surface area (Å²) < 4.78 is 0. The standard InChI is InChI=1S/C26H29N3O/c1-28(18-20-9-3-6-12-25(20)29-15-7-2-8-16-29)26(30)22-17-24(19-13-14-19)27-23-11-5-4-10-21(22)23/h3-6,9-12,17,19H,2,7-8,13-16,18H2,1H3. The predicted octanol–water partition coefficient (Wildman–Crippen LogP) is 5.37. The van der Waals surface area contributed by atoms with Crippen molar-refractivity contribution in [2.75, 3.05) is 25.0 Å². The molecule has 3 aromatic rings. The fraction of sp³-hybridized carbons (Fsp3) is 0.385. The summed E-state index contributed by atoms with van der Waals surface area (Å²) >= 11 is 0. The Bertz CT molecular complexity index is 1070. The Hall–Kier alpha value is -2.88. The Morgan fingerprint density at radius 1 is 1.03 bits per heavy atom. The van der Waals surface area contributed by atoms with Gasteiger partial charge >= 0.3 is 0 Å². The zero-order valence-electron chi connectivity index (χ0n) is 17.7. The summed E-state index contributed by atoms with van der Waals surface area (Å²) in [5.74, 6) is 0.593. The molecule has 1 aliphatic carbocycles. The molecule has 0 radical (unpaired) electrons. The van der Waals surface area contributed by atoms with Crippen LogP contribution in [0.1, 0.15) is 59.6 Å². The van der Waals surface area contributed by atoms with Crippen LogP contribution in [0.4, 0.5) is 5.69 Å². The van der Waals surface area contributed by atoms with Crippen LogP contribution in [-0.2, 0) is 6.54 Å². The van der Waals surface area contributed by atoms with Gasteiger partial charge < -0.3 is 9.80 Å². The predicted molar refractivity (Wildman–Crippen MR) is 122 cm³/mol. The van der Waals surface area contributed by atoms with Crippen LogP contribution in [-0.4, -0.2) is 35.9 Å². The molecule has 1 saturated heterocycles. The molecule has 1 aromatic heterocycles. The van der Waals surface area contributed by atoms with Crippen molar-refractivity contribution in [1.29, 1.82) is 0 Å². The van der Waals surface area contributed by atoms with Crippen molar-refractivity contribution in [2.24, 2.45) is 0 Å². The van der Waals surface area contributed by atoms with E-state index in [4.69, 9.17) is 4.98 Å². The van der Waals surface area contributed by atoms with Crippen LogP contribution in [0.2, 0.25) is 0 Å². The molecule has 1 aliphatic heterocycles. The number of fused-ring (bicyclic) bond motifs is 1. The number of amides is 1. The summed E-state index contributed by atoms with van der Waals surface area (Å²) in [6.45, 7) is 2.82. The molecule has 2 heterocycles. The molecule has 0 bridgehead atoms. The number of hydrogen-bond donors (Lipinski definition) is 0. The smallest absolute Gasteiger partial charge is 0.254 e. The summed E-state index contributed by atoms with van der Waals surface area (Å²) in [6.07, 6.45) is 6.16. The Morgan fingerprint density at radius 3 is 2.57 bits per heavy atom. The number of carbonyl (C=O) groups is 1. The van der Waals surface area contributed by atoms with Crippen LogP contribution in [0.15, 0.2) is 54.6 Å². The SMILES string of the molecule is CN(Cc1ccccc1N1CCCCC1)C(=O)c1cc(C2CC2)nc2ccccc12. The van der Waals surface area contributed by atoms with E-state index in [2.05, 4.69) is 29.2 Å². The first-order valence-corrected chi connectivity index (χ1v) is 11.2. The number of benzene rings is 2. The van der Waals surface area contributed by atoms with Gasteiger partial charge in [-0.1, -0.05) is 36.4 Å². The van der Waals surface area contributed by atoms with E-state index in [0.717, 1.165) is 35.2 Å². The first-order valence-electron chi connectivity index (χ1n) is 11.2. The molecule has 0 N–H and O–H groups in total. The minimum atomic E-state index is 0.0731. The zero-order valence-corrected chi connectivity index (χ0v) is 17.7. The third kappa shape index (κ3) is 3.79. The van der Waals surface area contributed by atoms with Gasteiger partial charge in [-0.15, -0.1) is 0 Å². The highest BCUT2D eigenvalue weighted by Crippen LogP contribution is 2.40. The molecule has 2 aromatic carbocycles. The van der Waals surface area contributed by atoms with Crippen LogP contribution >= 0.6 is 0 Å². The highest BCUT2D eigenvalue weighted by Gasteiger charge is 2.27. The van der Waals surface area contributed by atoms with Crippen LogP contribution in [0, 0.1) is 0 Å². The van der Waals surface area contributed by atoms with Gasteiger partial charge in [0.15, 0.2) is 0 Å². The normalized spacial score (nSPS) is 16.6. The largest absolute Gasteiger partial charge is 0.371 e. The summed E-state index contributed by atoms with van der Waals surface area (Å²) in [7, 11) is 1.92. The zero-order chi connectivity index (χ0) is 20.5. The summed E-state index contributed by atoms with van der Waals surface area (Å²) in [5.41, 5.74) is 5.26. The van der Waals surface area contributed by atoms with Crippen LogP contribution < -0.4 is 4.90 Å². The summed E-state index contributed by atoms with van der Waals surface area (Å²) in [5, 5.41) is 0.947. The lowest BCUT2D eigenvalue weighted by Crippen LogP contribution is -2.32. The number of hydrogen-bond acceptors (Lipinski definition) is 3. The Kier molecular flexibility index (Phi) is 5.16. The van der Waals surface area contributed by atoms with E-state index in [1.807, 2.05) is 42.3 Å². The van der Waals surface area contributed by atoms with E-state index in [9.17, 15) is 4.79 Å². The summed E-state index contributed by atoms with van der Waals surface area (Å²) in [4.78, 5) is 22.7. The lowest BCUT2D eigenvalue weighted by atomic mass is 10.0. The minimum Gasteiger partial charge on any atom is -0.371 e. The van der Waals surface area contributed by atoms with E-state index in [1.165, 1.54) is 43.4 Å². The van der Waals surface area contributed by atoms with E-state index >= 15 is 0 Å². The molecule has 4 nitrogen and oxygen atoms in total. The maximum Gasteiger partial charge on any atom is 0.254 e. The third-order valence-electron chi connectivity index (χ3n) is 6.40. The Balaban J connectivity index is 1.44. The second kappa shape index (κ2) is 8.10. The van der Waals surface area contributed by atoms with Crippen molar-refractivity contribution in [1.82, 2.24) is 9.88 Å². The van der Waals surface area contributed by atoms with Crippen molar-refractivity contribution in [3.05, 3.63) is 71.4 Å². The number of para-hydroxylation sites is 2. The molecular formula is C26H29N3O. The van der Waals surface area contributed by atoms with Crippen LogP contribution in [0.3, 0.4) is 0 Å². The third-order valence-corrected chi connectivity index (χ3v) is 6.40. The monoisotopic (exact) mass is 399 g/mol. The first-order chi connectivity index (χ1) is 14.7. The van der Waals surface area contributed by atoms with Gasteiger partial charge in [0.2, 0.25) is 0 Å². The number of pyridine rings is 1. The minimum absolute atomic E-state index is 0.0731. The molecule has 4 heteroatoms. The van der Waals surface area contributed by atoms with Gasteiger partial charge in [-0.25, -0.2) is 0 Å². The quantitative estimate of drug-likeness (QED) is 0.578. The fourth-order valence-corrected chi connectivity index (χ4v) is 4.58. The fourth-order valence-electron chi connectivity index (χ4n) is 4.58. The molecule has 5 rings (SSSR count). The number of carbonyl (C=O) groups excluding carboxylic acids is 1.